The first-order valence-electron chi connectivity index (χ1n) is 14.2. The second kappa shape index (κ2) is 13.0. The average molecular weight is 553 g/mol. The lowest BCUT2D eigenvalue weighted by molar-refractivity contribution is 0.558. The molecule has 0 aromatic heterocycles. The third kappa shape index (κ3) is 5.88. The van der Waals surface area contributed by atoms with Crippen molar-refractivity contribution in [1.82, 2.24) is 0 Å². The minimum atomic E-state index is -2.81. The van der Waals surface area contributed by atoms with Gasteiger partial charge in [0.25, 0.3) is 0 Å². The smallest absolute Gasteiger partial charge is 0.246 e. The van der Waals surface area contributed by atoms with Gasteiger partial charge in [-0.1, -0.05) is 97.1 Å². The fourth-order valence-corrected chi connectivity index (χ4v) is 18.6. The highest BCUT2D eigenvalue weighted by atomic mass is 28.4. The molecule has 4 N–H and O–H groups in total. The number of rotatable bonds is 12. The van der Waals surface area contributed by atoms with Crippen molar-refractivity contribution < 1.29 is 4.12 Å². The average Bonchev–Trinajstić information content (AvgIpc) is 2.95. The highest BCUT2D eigenvalue weighted by Gasteiger charge is 2.51. The van der Waals surface area contributed by atoms with E-state index in [2.05, 4.69) is 125 Å². The molecule has 0 amide bonds. The third-order valence-corrected chi connectivity index (χ3v) is 18.8. The summed E-state index contributed by atoms with van der Waals surface area (Å²) in [4.78, 5) is 0. The van der Waals surface area contributed by atoms with Crippen LogP contribution in [0.3, 0.4) is 0 Å². The summed E-state index contributed by atoms with van der Waals surface area (Å²) >= 11 is 0. The van der Waals surface area contributed by atoms with Crippen LogP contribution in [0.2, 0.25) is 12.1 Å². The van der Waals surface area contributed by atoms with Crippen LogP contribution in [-0.2, 0) is 4.12 Å². The Morgan fingerprint density at radius 3 is 0.949 bits per heavy atom. The van der Waals surface area contributed by atoms with Crippen molar-refractivity contribution in [2.45, 2.75) is 52.6 Å². The fourth-order valence-electron chi connectivity index (χ4n) is 6.25. The first-order chi connectivity index (χ1) is 18.9. The summed E-state index contributed by atoms with van der Waals surface area (Å²) in [5.74, 6) is 0. The zero-order valence-corrected chi connectivity index (χ0v) is 26.0. The SMILES string of the molecule is Cc1ccccc1[Si](CCCN)(O[Si](CCCN)(c1ccccc1C)c1ccccc1C)c1ccccc1C. The largest absolute Gasteiger partial charge is 0.442 e. The summed E-state index contributed by atoms with van der Waals surface area (Å²) in [6, 6.07) is 37.4. The standard InChI is InChI=1S/C34H44N2OSi2/c1-27-15-5-9-19-31(27)38(25-13-23-35,32-20-10-6-16-28(32)2)37-39(26-14-24-36,33-21-11-7-17-29(33)3)34-22-12-8-18-30(34)4/h5-12,15-22H,13-14,23-26,35-36H2,1-4H3. The fraction of sp³-hybridized carbons (Fsp3) is 0.294. The van der Waals surface area contributed by atoms with Gasteiger partial charge >= 0.3 is 0 Å². The van der Waals surface area contributed by atoms with Crippen LogP contribution in [0.5, 0.6) is 0 Å². The lowest BCUT2D eigenvalue weighted by atomic mass is 10.2. The van der Waals surface area contributed by atoms with Crippen LogP contribution in [0.1, 0.15) is 35.1 Å². The normalized spacial score (nSPS) is 12.1. The van der Waals surface area contributed by atoms with E-state index in [9.17, 15) is 0 Å². The zero-order chi connectivity index (χ0) is 27.9. The molecule has 0 saturated carbocycles. The molecular weight excluding hydrogens is 509 g/mol. The molecule has 0 unspecified atom stereocenters. The maximum absolute atomic E-state index is 8.26. The Labute approximate surface area is 237 Å². The molecule has 0 fully saturated rings. The van der Waals surface area contributed by atoms with Crippen LogP contribution < -0.4 is 32.2 Å². The predicted molar refractivity (Wildman–Crippen MR) is 173 cm³/mol. The van der Waals surface area contributed by atoms with Gasteiger partial charge in [-0.3, -0.25) is 0 Å². The molecule has 0 spiro atoms. The Morgan fingerprint density at radius 2 is 0.718 bits per heavy atom. The molecule has 0 bridgehead atoms. The molecule has 4 rings (SSSR count). The number of hydrogen-bond donors (Lipinski definition) is 2. The Hall–Kier alpha value is -2.81. The quantitative estimate of drug-likeness (QED) is 0.255. The van der Waals surface area contributed by atoms with Gasteiger partial charge in [0.2, 0.25) is 16.6 Å². The van der Waals surface area contributed by atoms with Gasteiger partial charge < -0.3 is 15.6 Å². The van der Waals surface area contributed by atoms with Gasteiger partial charge in [0.05, 0.1) is 0 Å². The molecular formula is C34H44N2OSi2. The van der Waals surface area contributed by atoms with Crippen LogP contribution in [0, 0.1) is 27.7 Å². The summed E-state index contributed by atoms with van der Waals surface area (Å²) in [6.07, 6.45) is 1.83. The molecule has 5 heteroatoms. The molecule has 4 aromatic rings. The Morgan fingerprint density at radius 1 is 0.462 bits per heavy atom. The van der Waals surface area contributed by atoms with Crippen molar-refractivity contribution in [3.63, 3.8) is 0 Å². The van der Waals surface area contributed by atoms with Gasteiger partial charge in [-0.25, -0.2) is 0 Å². The number of benzene rings is 4. The monoisotopic (exact) mass is 552 g/mol. The second-order valence-corrected chi connectivity index (χ2v) is 18.1. The van der Waals surface area contributed by atoms with E-state index in [0.717, 1.165) is 24.9 Å². The molecule has 0 aliphatic carbocycles. The van der Waals surface area contributed by atoms with Crippen molar-refractivity contribution in [3.05, 3.63) is 119 Å². The van der Waals surface area contributed by atoms with E-state index in [4.69, 9.17) is 15.6 Å². The van der Waals surface area contributed by atoms with E-state index < -0.39 is 16.6 Å². The summed E-state index contributed by atoms with van der Waals surface area (Å²) in [5, 5.41) is 5.44. The number of aryl methyl sites for hydroxylation is 4. The van der Waals surface area contributed by atoms with Gasteiger partial charge in [0.1, 0.15) is 0 Å². The number of nitrogens with two attached hydrogens (primary N) is 2. The zero-order valence-electron chi connectivity index (χ0n) is 24.0. The molecule has 39 heavy (non-hydrogen) atoms. The summed E-state index contributed by atoms with van der Waals surface area (Å²) in [6.45, 7) is 10.2. The van der Waals surface area contributed by atoms with E-state index in [1.807, 2.05) is 0 Å². The molecule has 204 valence electrons. The van der Waals surface area contributed by atoms with E-state index in [1.165, 1.54) is 43.0 Å². The van der Waals surface area contributed by atoms with Gasteiger partial charge in [-0.2, -0.15) is 0 Å². The summed E-state index contributed by atoms with van der Waals surface area (Å²) in [7, 11) is -5.63. The van der Waals surface area contributed by atoms with Crippen LogP contribution in [-0.4, -0.2) is 29.7 Å². The first kappa shape index (κ1) is 29.2. The van der Waals surface area contributed by atoms with E-state index in [-0.39, 0.29) is 0 Å². The minimum absolute atomic E-state index is 0.641. The summed E-state index contributed by atoms with van der Waals surface area (Å²) in [5.41, 5.74) is 17.7. The molecule has 0 atom stereocenters. The molecule has 0 aliphatic rings. The van der Waals surface area contributed by atoms with E-state index in [0.29, 0.717) is 13.1 Å². The second-order valence-electron chi connectivity index (χ2n) is 10.8. The first-order valence-corrected chi connectivity index (χ1v) is 18.5. The predicted octanol–water partition coefficient (Wildman–Crippen LogP) is 4.45. The van der Waals surface area contributed by atoms with Crippen molar-refractivity contribution in [2.75, 3.05) is 13.1 Å². The van der Waals surface area contributed by atoms with E-state index >= 15 is 0 Å². The Kier molecular flexibility index (Phi) is 9.75. The summed E-state index contributed by atoms with van der Waals surface area (Å²) < 4.78 is 8.26. The van der Waals surface area contributed by atoms with Crippen molar-refractivity contribution in [2.24, 2.45) is 11.5 Å². The van der Waals surface area contributed by atoms with Gasteiger partial charge in [-0.15, -0.1) is 0 Å². The van der Waals surface area contributed by atoms with Crippen LogP contribution in [0.25, 0.3) is 0 Å². The lowest BCUT2D eigenvalue weighted by Gasteiger charge is -2.45. The Bertz CT molecular complexity index is 1190. The van der Waals surface area contributed by atoms with Crippen LogP contribution in [0.15, 0.2) is 97.1 Å². The van der Waals surface area contributed by atoms with Gasteiger partial charge in [-0.05, 0) is 109 Å². The molecule has 0 saturated heterocycles. The molecule has 3 nitrogen and oxygen atoms in total. The highest BCUT2D eigenvalue weighted by molar-refractivity contribution is 7.09. The minimum Gasteiger partial charge on any atom is -0.442 e. The van der Waals surface area contributed by atoms with Crippen molar-refractivity contribution in [3.8, 4) is 0 Å². The van der Waals surface area contributed by atoms with E-state index in [1.54, 1.807) is 0 Å². The molecule has 0 radical (unpaired) electrons. The van der Waals surface area contributed by atoms with Gasteiger partial charge in [0.15, 0.2) is 0 Å². The number of hydrogen-bond acceptors (Lipinski definition) is 3. The van der Waals surface area contributed by atoms with Crippen molar-refractivity contribution >= 4 is 37.4 Å². The molecule has 0 aliphatic heterocycles. The third-order valence-electron chi connectivity index (χ3n) is 8.13. The maximum atomic E-state index is 8.26. The molecule has 4 aromatic carbocycles. The maximum Gasteiger partial charge on any atom is 0.246 e. The highest BCUT2D eigenvalue weighted by Crippen LogP contribution is 2.28. The van der Waals surface area contributed by atoms with Crippen LogP contribution in [0.4, 0.5) is 0 Å². The lowest BCUT2D eigenvalue weighted by Crippen LogP contribution is -2.74. The van der Waals surface area contributed by atoms with Crippen LogP contribution >= 0.6 is 0 Å². The van der Waals surface area contributed by atoms with Crippen molar-refractivity contribution in [1.29, 1.82) is 0 Å². The Balaban J connectivity index is 2.14. The topological polar surface area (TPSA) is 61.3 Å². The molecule has 0 heterocycles. The van der Waals surface area contributed by atoms with Gasteiger partial charge in [0, 0.05) is 0 Å².